The van der Waals surface area contributed by atoms with E-state index in [0.29, 0.717) is 0 Å². The third-order valence-electron chi connectivity index (χ3n) is 3.46. The summed E-state index contributed by atoms with van der Waals surface area (Å²) < 4.78 is 8.55. The fourth-order valence-electron chi connectivity index (χ4n) is 2.27. The summed E-state index contributed by atoms with van der Waals surface area (Å²) in [5, 5.41) is 0. The first-order valence-electron chi connectivity index (χ1n) is 8.64. The summed E-state index contributed by atoms with van der Waals surface area (Å²) in [7, 11) is -5.39. The molecule has 8 heteroatoms. The van der Waals surface area contributed by atoms with Gasteiger partial charge in [-0.1, -0.05) is 104 Å². The minimum Gasteiger partial charge on any atom is -0.822 e. The van der Waals surface area contributed by atoms with Crippen LogP contribution >= 0.6 is 7.82 Å². The van der Waals surface area contributed by atoms with E-state index in [4.69, 9.17) is 19.2 Å². The van der Waals surface area contributed by atoms with Gasteiger partial charge in [-0.3, -0.25) is 0 Å². The van der Waals surface area contributed by atoms with Crippen molar-refractivity contribution < 1.29 is 108 Å². The SMILES string of the molecule is CCCCCCCCCCCCCCCC.O=P([O-])([O-])[O-].[Na+].[Na+].[Na+]. The van der Waals surface area contributed by atoms with E-state index in [1.165, 1.54) is 89.9 Å². The molecule has 130 valence electrons. The Morgan fingerprint density at radius 2 is 0.625 bits per heavy atom. The van der Waals surface area contributed by atoms with Crippen LogP contribution in [-0.4, -0.2) is 0 Å². The van der Waals surface area contributed by atoms with E-state index in [-0.39, 0.29) is 88.7 Å². The van der Waals surface area contributed by atoms with Crippen molar-refractivity contribution in [2.75, 3.05) is 0 Å². The van der Waals surface area contributed by atoms with Crippen molar-refractivity contribution in [1.82, 2.24) is 0 Å². The van der Waals surface area contributed by atoms with Crippen LogP contribution in [0.4, 0.5) is 0 Å². The maximum absolute atomic E-state index is 8.55. The van der Waals surface area contributed by atoms with Crippen LogP contribution < -0.4 is 103 Å². The molecule has 0 unspecified atom stereocenters. The molecule has 0 heterocycles. The van der Waals surface area contributed by atoms with Gasteiger partial charge >= 0.3 is 88.7 Å². The van der Waals surface area contributed by atoms with Crippen LogP contribution in [0.1, 0.15) is 104 Å². The molecule has 0 saturated heterocycles. The minimum atomic E-state index is -5.39. The molecule has 24 heavy (non-hydrogen) atoms. The molecule has 0 N–H and O–H groups in total. The van der Waals surface area contributed by atoms with Crippen molar-refractivity contribution >= 4 is 7.82 Å². The quantitative estimate of drug-likeness (QED) is 0.179. The van der Waals surface area contributed by atoms with Crippen molar-refractivity contribution in [3.05, 3.63) is 0 Å². The number of hydrogen-bond acceptors (Lipinski definition) is 4. The molecule has 0 aromatic carbocycles. The predicted octanol–water partition coefficient (Wildman–Crippen LogP) is -5.33. The largest absolute Gasteiger partial charge is 1.00 e. The summed E-state index contributed by atoms with van der Waals surface area (Å²) in [5.74, 6) is 0. The first-order chi connectivity index (χ1) is 9.91. The number of rotatable bonds is 13. The Bertz CT molecular complexity index is 219. The molecule has 0 aliphatic rings. The molecule has 0 bridgehead atoms. The summed E-state index contributed by atoms with van der Waals surface area (Å²) in [5.41, 5.74) is 0. The van der Waals surface area contributed by atoms with Crippen molar-refractivity contribution in [3.63, 3.8) is 0 Å². The molecule has 4 nitrogen and oxygen atoms in total. The zero-order valence-electron chi connectivity index (χ0n) is 17.0. The van der Waals surface area contributed by atoms with Crippen molar-refractivity contribution in [2.24, 2.45) is 0 Å². The Labute approximate surface area is 216 Å². The zero-order valence-corrected chi connectivity index (χ0v) is 23.9. The third kappa shape index (κ3) is 56.2. The Kier molecular flexibility index (Phi) is 48.6. The van der Waals surface area contributed by atoms with E-state index in [2.05, 4.69) is 13.8 Å². The first-order valence-corrected chi connectivity index (χ1v) is 10.1. The van der Waals surface area contributed by atoms with Crippen LogP contribution in [0, 0.1) is 0 Å². The fraction of sp³-hybridized carbons (Fsp3) is 1.00. The van der Waals surface area contributed by atoms with Crippen LogP contribution in [0.3, 0.4) is 0 Å². The van der Waals surface area contributed by atoms with Crippen LogP contribution in [0.25, 0.3) is 0 Å². The molecular weight excluding hydrogens is 356 g/mol. The molecule has 0 atom stereocenters. The Balaban J connectivity index is -0.000000132. The Morgan fingerprint density at radius 1 is 0.500 bits per heavy atom. The molecule has 0 aromatic heterocycles. The van der Waals surface area contributed by atoms with Crippen molar-refractivity contribution in [2.45, 2.75) is 104 Å². The molecular formula is C16H34Na3O4P. The molecule has 0 rings (SSSR count). The number of unbranched alkanes of at least 4 members (excludes halogenated alkanes) is 13. The molecule has 0 aliphatic carbocycles. The summed E-state index contributed by atoms with van der Waals surface area (Å²) in [6.07, 6.45) is 20.4. The van der Waals surface area contributed by atoms with Crippen LogP contribution in [0.15, 0.2) is 0 Å². The third-order valence-corrected chi connectivity index (χ3v) is 3.46. The monoisotopic (exact) mass is 390 g/mol. The maximum atomic E-state index is 8.55. The summed E-state index contributed by atoms with van der Waals surface area (Å²) >= 11 is 0. The van der Waals surface area contributed by atoms with Gasteiger partial charge in [0.05, 0.1) is 0 Å². The van der Waals surface area contributed by atoms with Gasteiger partial charge in [0, 0.05) is 0 Å². The van der Waals surface area contributed by atoms with Crippen molar-refractivity contribution in [1.29, 1.82) is 0 Å². The van der Waals surface area contributed by atoms with E-state index < -0.39 is 7.82 Å². The first kappa shape index (κ1) is 37.8. The fourth-order valence-corrected chi connectivity index (χ4v) is 2.27. The standard InChI is InChI=1S/C16H34.3Na.H3O4P/c1-3-5-7-9-11-13-15-16-14-12-10-8-6-4-2;;;;1-5(2,3)4/h3-16H2,1-2H3;;;;(H3,1,2,3,4)/q;3*+1;/p-3. The Hall–Kier alpha value is 3.11. The average Bonchev–Trinajstić information content (AvgIpc) is 2.38. The van der Waals surface area contributed by atoms with Gasteiger partial charge in [-0.25, -0.2) is 0 Å². The van der Waals surface area contributed by atoms with Gasteiger partial charge in [0.15, 0.2) is 0 Å². The van der Waals surface area contributed by atoms with Crippen LogP contribution in [0.5, 0.6) is 0 Å². The van der Waals surface area contributed by atoms with Gasteiger partial charge in [-0.05, 0) is 0 Å². The molecule has 0 fully saturated rings. The number of hydrogen-bond donors (Lipinski definition) is 0. The number of phosphoric acid groups is 1. The van der Waals surface area contributed by atoms with E-state index in [1.54, 1.807) is 0 Å². The van der Waals surface area contributed by atoms with Crippen LogP contribution in [0.2, 0.25) is 0 Å². The molecule has 0 aliphatic heterocycles. The average molecular weight is 390 g/mol. The van der Waals surface area contributed by atoms with Gasteiger partial charge in [0.25, 0.3) is 0 Å². The van der Waals surface area contributed by atoms with E-state index >= 15 is 0 Å². The predicted molar refractivity (Wildman–Crippen MR) is 83.6 cm³/mol. The van der Waals surface area contributed by atoms with Crippen molar-refractivity contribution in [3.8, 4) is 0 Å². The second-order valence-corrected chi connectivity index (χ2v) is 6.58. The summed E-state index contributed by atoms with van der Waals surface area (Å²) in [4.78, 5) is 25.6. The maximum Gasteiger partial charge on any atom is 1.00 e. The molecule has 0 spiro atoms. The van der Waals surface area contributed by atoms with E-state index in [1.807, 2.05) is 0 Å². The van der Waals surface area contributed by atoms with E-state index in [9.17, 15) is 0 Å². The summed E-state index contributed by atoms with van der Waals surface area (Å²) in [6, 6.07) is 0. The second-order valence-electron chi connectivity index (χ2n) is 5.69. The van der Waals surface area contributed by atoms with E-state index in [0.717, 1.165) is 0 Å². The normalized spacial score (nSPS) is 9.71. The molecule has 0 aromatic rings. The van der Waals surface area contributed by atoms with Crippen LogP contribution in [-0.2, 0) is 4.57 Å². The smallest absolute Gasteiger partial charge is 0.822 e. The second kappa shape index (κ2) is 30.8. The van der Waals surface area contributed by atoms with Gasteiger partial charge < -0.3 is 19.2 Å². The molecule has 0 saturated carbocycles. The topological polar surface area (TPSA) is 86.2 Å². The zero-order chi connectivity index (χ0) is 16.4. The van der Waals surface area contributed by atoms with Gasteiger partial charge in [-0.15, -0.1) is 0 Å². The minimum absolute atomic E-state index is 0. The summed E-state index contributed by atoms with van der Waals surface area (Å²) in [6.45, 7) is 4.58. The van der Waals surface area contributed by atoms with Gasteiger partial charge in [0.2, 0.25) is 0 Å². The van der Waals surface area contributed by atoms with Gasteiger partial charge in [-0.2, -0.15) is 7.82 Å². The molecule has 0 amide bonds. The molecule has 0 radical (unpaired) electrons. The van der Waals surface area contributed by atoms with Gasteiger partial charge in [0.1, 0.15) is 0 Å². The Morgan fingerprint density at radius 3 is 0.750 bits per heavy atom.